The molecule has 1 atom stereocenters. The van der Waals surface area contributed by atoms with E-state index in [1.165, 1.54) is 5.56 Å². The highest BCUT2D eigenvalue weighted by atomic mass is 32.2. The molecule has 1 heterocycles. The predicted molar refractivity (Wildman–Crippen MR) is 80.2 cm³/mol. The Morgan fingerprint density at radius 3 is 2.83 bits per heavy atom. The van der Waals surface area contributed by atoms with Crippen molar-refractivity contribution >= 4 is 16.9 Å². The van der Waals surface area contributed by atoms with Crippen molar-refractivity contribution < 1.29 is 0 Å². The molecule has 1 N–H and O–H groups in total. The van der Waals surface area contributed by atoms with Crippen molar-refractivity contribution in [1.82, 2.24) is 10.2 Å². The number of rotatable bonds is 5. The second-order valence-electron chi connectivity index (χ2n) is 4.76. The summed E-state index contributed by atoms with van der Waals surface area (Å²) in [5.74, 6) is 1.08. The summed E-state index contributed by atoms with van der Waals surface area (Å²) < 4.78 is 0. The van der Waals surface area contributed by atoms with Crippen molar-refractivity contribution in [1.29, 1.82) is 0 Å². The molecule has 1 aliphatic rings. The van der Waals surface area contributed by atoms with E-state index in [9.17, 15) is 0 Å². The normalized spacial score (nSPS) is 21.5. The molecule has 1 aliphatic heterocycles. The third-order valence-corrected chi connectivity index (χ3v) is 3.93. The van der Waals surface area contributed by atoms with Gasteiger partial charge in [0, 0.05) is 12.3 Å². The Hall–Kier alpha value is -1.00. The molecule has 0 spiro atoms. The number of nitrogens with zero attached hydrogens (tertiary/aromatic N) is 2. The van der Waals surface area contributed by atoms with Crippen molar-refractivity contribution in [3.8, 4) is 0 Å². The molecule has 1 saturated heterocycles. The molecular weight excluding hydrogens is 242 g/mol. The number of thioether (sulfide) groups is 1. The highest BCUT2D eigenvalue weighted by Crippen LogP contribution is 2.25. The van der Waals surface area contributed by atoms with Gasteiger partial charge in [0.15, 0.2) is 5.17 Å². The number of hydrogen-bond acceptors (Lipinski definition) is 3. The second-order valence-corrected chi connectivity index (χ2v) is 5.77. The van der Waals surface area contributed by atoms with Gasteiger partial charge in [-0.25, -0.2) is 0 Å². The molecule has 1 aromatic rings. The predicted octanol–water partition coefficient (Wildman–Crippen LogP) is 2.37. The summed E-state index contributed by atoms with van der Waals surface area (Å²) in [7, 11) is 4.20. The number of aliphatic imine (C=N–C) groups is 1. The summed E-state index contributed by atoms with van der Waals surface area (Å²) >= 11 is 1.83. The minimum atomic E-state index is 0.420. The molecule has 3 nitrogen and oxygen atoms in total. The van der Waals surface area contributed by atoms with Crippen LogP contribution >= 0.6 is 11.8 Å². The van der Waals surface area contributed by atoms with Gasteiger partial charge in [-0.3, -0.25) is 4.99 Å². The fourth-order valence-electron chi connectivity index (χ4n) is 1.92. The summed E-state index contributed by atoms with van der Waals surface area (Å²) in [6.45, 7) is 2.01. The van der Waals surface area contributed by atoms with Crippen LogP contribution in [-0.4, -0.2) is 43.0 Å². The Bertz CT molecular complexity index is 389. The maximum absolute atomic E-state index is 4.61. The number of benzene rings is 1. The molecule has 0 amide bonds. The molecule has 98 valence electrons. The standard InChI is InChI=1S/C14H21N3S/c1-17(2)10-6-9-15-14-16-13(11-18-14)12-7-4-3-5-8-12/h3-5,7-8,13H,6,9-11H2,1-2H3,(H,15,16). The number of nitrogens with one attached hydrogen (secondary N) is 1. The molecule has 1 unspecified atom stereocenters. The monoisotopic (exact) mass is 263 g/mol. The van der Waals surface area contributed by atoms with Gasteiger partial charge in [0.25, 0.3) is 0 Å². The summed E-state index contributed by atoms with van der Waals surface area (Å²) in [5.41, 5.74) is 1.35. The molecule has 2 rings (SSSR count). The Kier molecular flexibility index (Phi) is 5.08. The van der Waals surface area contributed by atoms with Crippen molar-refractivity contribution in [2.45, 2.75) is 12.5 Å². The average molecular weight is 263 g/mol. The maximum Gasteiger partial charge on any atom is 0.157 e. The van der Waals surface area contributed by atoms with Crippen LogP contribution in [0.2, 0.25) is 0 Å². The first-order valence-corrected chi connectivity index (χ1v) is 7.38. The van der Waals surface area contributed by atoms with Gasteiger partial charge in [-0.15, -0.1) is 0 Å². The molecule has 0 saturated carbocycles. The van der Waals surface area contributed by atoms with E-state index in [1.807, 2.05) is 11.8 Å². The maximum atomic E-state index is 4.61. The van der Waals surface area contributed by atoms with Crippen LogP contribution in [0.5, 0.6) is 0 Å². The molecule has 1 fully saturated rings. The van der Waals surface area contributed by atoms with Crippen LogP contribution in [0, 0.1) is 0 Å². The van der Waals surface area contributed by atoms with Crippen LogP contribution in [-0.2, 0) is 0 Å². The zero-order valence-electron chi connectivity index (χ0n) is 11.1. The lowest BCUT2D eigenvalue weighted by atomic mass is 10.1. The lowest BCUT2D eigenvalue weighted by molar-refractivity contribution is 0.403. The lowest BCUT2D eigenvalue weighted by Gasteiger charge is -2.10. The fraction of sp³-hybridized carbons (Fsp3) is 0.500. The van der Waals surface area contributed by atoms with Crippen molar-refractivity contribution in [3.63, 3.8) is 0 Å². The number of hydrogen-bond donors (Lipinski definition) is 1. The van der Waals surface area contributed by atoms with Crippen LogP contribution in [0.4, 0.5) is 0 Å². The van der Waals surface area contributed by atoms with Gasteiger partial charge in [0.05, 0.1) is 6.04 Å². The van der Waals surface area contributed by atoms with E-state index in [0.29, 0.717) is 6.04 Å². The van der Waals surface area contributed by atoms with Gasteiger partial charge in [-0.05, 0) is 32.6 Å². The topological polar surface area (TPSA) is 27.6 Å². The fourth-order valence-corrected chi connectivity index (χ4v) is 2.93. The van der Waals surface area contributed by atoms with Crippen LogP contribution in [0.15, 0.2) is 35.3 Å². The van der Waals surface area contributed by atoms with Crippen molar-refractivity contribution in [3.05, 3.63) is 35.9 Å². The molecule has 18 heavy (non-hydrogen) atoms. The summed E-state index contributed by atoms with van der Waals surface area (Å²) in [4.78, 5) is 6.81. The average Bonchev–Trinajstić information content (AvgIpc) is 2.84. The van der Waals surface area contributed by atoms with E-state index < -0.39 is 0 Å². The smallest absolute Gasteiger partial charge is 0.157 e. The SMILES string of the molecule is CN(C)CCCN=C1NC(c2ccccc2)CS1. The highest BCUT2D eigenvalue weighted by Gasteiger charge is 2.21. The summed E-state index contributed by atoms with van der Waals surface area (Å²) in [6, 6.07) is 11.0. The molecule has 0 radical (unpaired) electrons. The van der Waals surface area contributed by atoms with E-state index in [2.05, 4.69) is 59.6 Å². The van der Waals surface area contributed by atoms with Crippen LogP contribution in [0.25, 0.3) is 0 Å². The van der Waals surface area contributed by atoms with Gasteiger partial charge in [0.1, 0.15) is 0 Å². The Morgan fingerprint density at radius 1 is 1.33 bits per heavy atom. The number of amidine groups is 1. The third-order valence-electron chi connectivity index (χ3n) is 2.91. The molecule has 4 heteroatoms. The first-order chi connectivity index (χ1) is 8.75. The Labute approximate surface area is 114 Å². The van der Waals surface area contributed by atoms with E-state index in [1.54, 1.807) is 0 Å². The van der Waals surface area contributed by atoms with E-state index >= 15 is 0 Å². The van der Waals surface area contributed by atoms with E-state index in [-0.39, 0.29) is 0 Å². The van der Waals surface area contributed by atoms with Gasteiger partial charge in [-0.1, -0.05) is 42.1 Å². The van der Waals surface area contributed by atoms with Gasteiger partial charge in [0.2, 0.25) is 0 Å². The van der Waals surface area contributed by atoms with Gasteiger partial charge >= 0.3 is 0 Å². The minimum absolute atomic E-state index is 0.420. The molecule has 0 aromatic heterocycles. The Morgan fingerprint density at radius 2 is 2.11 bits per heavy atom. The largest absolute Gasteiger partial charge is 0.357 e. The molecule has 1 aromatic carbocycles. The molecule has 0 aliphatic carbocycles. The third kappa shape index (κ3) is 4.03. The van der Waals surface area contributed by atoms with E-state index in [0.717, 1.165) is 30.4 Å². The first kappa shape index (κ1) is 13.4. The summed E-state index contributed by atoms with van der Waals surface area (Å²) in [6.07, 6.45) is 1.12. The van der Waals surface area contributed by atoms with Gasteiger partial charge < -0.3 is 10.2 Å². The quantitative estimate of drug-likeness (QED) is 0.827. The Balaban J connectivity index is 1.80. The zero-order valence-corrected chi connectivity index (χ0v) is 11.9. The molecule has 0 bridgehead atoms. The zero-order chi connectivity index (χ0) is 12.8. The van der Waals surface area contributed by atoms with Crippen molar-refractivity contribution in [2.75, 3.05) is 32.9 Å². The first-order valence-electron chi connectivity index (χ1n) is 6.39. The minimum Gasteiger partial charge on any atom is -0.357 e. The second kappa shape index (κ2) is 6.81. The van der Waals surface area contributed by atoms with Crippen molar-refractivity contribution in [2.24, 2.45) is 4.99 Å². The summed E-state index contributed by atoms with van der Waals surface area (Å²) in [5, 5.41) is 4.59. The van der Waals surface area contributed by atoms with Crippen LogP contribution < -0.4 is 5.32 Å². The van der Waals surface area contributed by atoms with Crippen LogP contribution in [0.1, 0.15) is 18.0 Å². The highest BCUT2D eigenvalue weighted by molar-refractivity contribution is 8.14. The molecular formula is C14H21N3S. The lowest BCUT2D eigenvalue weighted by Crippen LogP contribution is -2.20. The van der Waals surface area contributed by atoms with E-state index in [4.69, 9.17) is 0 Å². The van der Waals surface area contributed by atoms with Gasteiger partial charge in [-0.2, -0.15) is 0 Å². The van der Waals surface area contributed by atoms with Crippen LogP contribution in [0.3, 0.4) is 0 Å².